The van der Waals surface area contributed by atoms with Gasteiger partial charge in [0.1, 0.15) is 5.75 Å². The van der Waals surface area contributed by atoms with E-state index in [-0.39, 0.29) is 5.91 Å². The number of hydrogen-bond acceptors (Lipinski definition) is 6. The number of nitrogens with zero attached hydrogens (tertiary/aromatic N) is 4. The molecule has 3 rings (SSSR count). The molecule has 26 heavy (non-hydrogen) atoms. The Morgan fingerprint density at radius 3 is 2.77 bits per heavy atom. The molecule has 1 N–H and O–H groups in total. The average Bonchev–Trinajstić information content (AvgIpc) is 3.11. The van der Waals surface area contributed by atoms with E-state index in [0.29, 0.717) is 28.8 Å². The lowest BCUT2D eigenvalue weighted by molar-refractivity contribution is -0.115. The molecule has 134 valence electrons. The van der Waals surface area contributed by atoms with Crippen LogP contribution in [0.15, 0.2) is 58.2 Å². The molecule has 0 saturated heterocycles. The van der Waals surface area contributed by atoms with Crippen molar-refractivity contribution in [3.63, 3.8) is 0 Å². The number of para-hydroxylation sites is 2. The number of thioether (sulfide) groups is 1. The van der Waals surface area contributed by atoms with Gasteiger partial charge in [0.15, 0.2) is 0 Å². The lowest BCUT2D eigenvalue weighted by Crippen LogP contribution is -2.13. The summed E-state index contributed by atoms with van der Waals surface area (Å²) in [6.45, 7) is 0. The molecule has 3 aromatic rings. The van der Waals surface area contributed by atoms with Crippen LogP contribution in [0.3, 0.4) is 0 Å². The zero-order valence-electron chi connectivity index (χ0n) is 13.9. The van der Waals surface area contributed by atoms with Crippen LogP contribution in [0, 0.1) is 0 Å². The van der Waals surface area contributed by atoms with Crippen LogP contribution in [-0.4, -0.2) is 39.0 Å². The number of rotatable bonds is 7. The summed E-state index contributed by atoms with van der Waals surface area (Å²) in [6.07, 6.45) is 0.329. The Morgan fingerprint density at radius 2 is 2.00 bits per heavy atom. The fraction of sp³-hybridized carbons (Fsp3) is 0.176. The monoisotopic (exact) mass is 433 g/mol. The van der Waals surface area contributed by atoms with Gasteiger partial charge in [0, 0.05) is 16.6 Å². The summed E-state index contributed by atoms with van der Waals surface area (Å²) in [5.74, 6) is 1.09. The molecular formula is C17H16BrN5O2S. The second-order valence-electron chi connectivity index (χ2n) is 5.20. The molecule has 0 fully saturated rings. The van der Waals surface area contributed by atoms with Gasteiger partial charge >= 0.3 is 0 Å². The van der Waals surface area contributed by atoms with Crippen molar-refractivity contribution < 1.29 is 9.53 Å². The molecule has 1 aromatic heterocycles. The molecular weight excluding hydrogens is 418 g/mol. The van der Waals surface area contributed by atoms with Crippen LogP contribution in [0.4, 0.5) is 5.69 Å². The molecule has 1 heterocycles. The highest BCUT2D eigenvalue weighted by Crippen LogP contribution is 2.24. The fourth-order valence-electron chi connectivity index (χ4n) is 2.21. The molecule has 0 aliphatic rings. The van der Waals surface area contributed by atoms with Gasteiger partial charge in [-0.05, 0) is 46.8 Å². The maximum Gasteiger partial charge on any atom is 0.225 e. The third-order valence-electron chi connectivity index (χ3n) is 3.45. The molecule has 9 heteroatoms. The van der Waals surface area contributed by atoms with Crippen molar-refractivity contribution >= 4 is 39.3 Å². The quantitative estimate of drug-likeness (QED) is 0.573. The summed E-state index contributed by atoms with van der Waals surface area (Å²) in [5.41, 5.74) is 1.52. The van der Waals surface area contributed by atoms with Crippen LogP contribution in [0.5, 0.6) is 5.75 Å². The van der Waals surface area contributed by atoms with E-state index >= 15 is 0 Å². The summed E-state index contributed by atoms with van der Waals surface area (Å²) in [4.78, 5) is 12.2. The molecule has 0 spiro atoms. The highest BCUT2D eigenvalue weighted by molar-refractivity contribution is 9.10. The topological polar surface area (TPSA) is 81.9 Å². The van der Waals surface area contributed by atoms with Gasteiger partial charge in [-0.15, -0.1) is 5.10 Å². The predicted octanol–water partition coefficient (Wildman–Crippen LogP) is 3.55. The van der Waals surface area contributed by atoms with E-state index in [2.05, 4.69) is 36.8 Å². The SMILES string of the molecule is COc1ccccc1NC(=O)CCSc1nnnn1-c1ccc(Br)cc1. The second kappa shape index (κ2) is 8.81. The molecule has 0 bridgehead atoms. The van der Waals surface area contributed by atoms with Crippen molar-refractivity contribution in [3.05, 3.63) is 53.0 Å². The van der Waals surface area contributed by atoms with Crippen LogP contribution >= 0.6 is 27.7 Å². The van der Waals surface area contributed by atoms with Crippen molar-refractivity contribution in [3.8, 4) is 11.4 Å². The average molecular weight is 434 g/mol. The van der Waals surface area contributed by atoms with Crippen LogP contribution in [-0.2, 0) is 4.79 Å². The molecule has 0 unspecified atom stereocenters. The number of tetrazole rings is 1. The summed E-state index contributed by atoms with van der Waals surface area (Å²) >= 11 is 4.83. The third-order valence-corrected chi connectivity index (χ3v) is 4.90. The van der Waals surface area contributed by atoms with Gasteiger partial charge in [0.05, 0.1) is 18.5 Å². The number of aromatic nitrogens is 4. The molecule has 0 radical (unpaired) electrons. The van der Waals surface area contributed by atoms with Gasteiger partial charge in [-0.1, -0.05) is 39.8 Å². The molecule has 1 amide bonds. The molecule has 0 saturated carbocycles. The Morgan fingerprint density at radius 1 is 1.23 bits per heavy atom. The highest BCUT2D eigenvalue weighted by Gasteiger charge is 2.11. The van der Waals surface area contributed by atoms with E-state index in [4.69, 9.17) is 4.74 Å². The second-order valence-corrected chi connectivity index (χ2v) is 7.17. The number of ether oxygens (including phenoxy) is 1. The molecule has 2 aromatic carbocycles. The number of anilines is 1. The van der Waals surface area contributed by atoms with E-state index in [1.807, 2.05) is 36.4 Å². The third kappa shape index (κ3) is 4.61. The van der Waals surface area contributed by atoms with Gasteiger partial charge in [0.25, 0.3) is 0 Å². The number of amides is 1. The standard InChI is InChI=1S/C17H16BrN5O2S/c1-25-15-5-3-2-4-14(15)19-16(24)10-11-26-17-20-21-22-23(17)13-8-6-12(18)7-9-13/h2-9H,10-11H2,1H3,(H,19,24). The van der Waals surface area contributed by atoms with Crippen molar-refractivity contribution in [1.29, 1.82) is 0 Å². The number of methoxy groups -OCH3 is 1. The van der Waals surface area contributed by atoms with E-state index < -0.39 is 0 Å². The van der Waals surface area contributed by atoms with Crippen LogP contribution < -0.4 is 10.1 Å². The first kappa shape index (κ1) is 18.4. The van der Waals surface area contributed by atoms with Gasteiger partial charge in [0.2, 0.25) is 11.1 Å². The Bertz CT molecular complexity index is 885. The summed E-state index contributed by atoms with van der Waals surface area (Å²) < 4.78 is 7.86. The first-order valence-electron chi connectivity index (χ1n) is 7.77. The summed E-state index contributed by atoms with van der Waals surface area (Å²) in [7, 11) is 1.57. The maximum atomic E-state index is 12.2. The maximum absolute atomic E-state index is 12.2. The fourth-order valence-corrected chi connectivity index (χ4v) is 3.30. The zero-order chi connectivity index (χ0) is 18.4. The summed E-state index contributed by atoms with van der Waals surface area (Å²) in [6, 6.07) is 15.0. The number of hydrogen-bond donors (Lipinski definition) is 1. The van der Waals surface area contributed by atoms with Crippen molar-refractivity contribution in [1.82, 2.24) is 20.2 Å². The normalized spacial score (nSPS) is 10.5. The minimum Gasteiger partial charge on any atom is -0.495 e. The first-order chi connectivity index (χ1) is 12.7. The zero-order valence-corrected chi connectivity index (χ0v) is 16.3. The number of nitrogens with one attached hydrogen (secondary N) is 1. The molecule has 0 aliphatic heterocycles. The molecule has 7 nitrogen and oxygen atoms in total. The van der Waals surface area contributed by atoms with Gasteiger partial charge < -0.3 is 10.1 Å². The van der Waals surface area contributed by atoms with Crippen LogP contribution in [0.25, 0.3) is 5.69 Å². The number of halogens is 1. The minimum atomic E-state index is -0.0929. The predicted molar refractivity (Wildman–Crippen MR) is 104 cm³/mol. The summed E-state index contributed by atoms with van der Waals surface area (Å²) in [5, 5.41) is 15.2. The number of carbonyl (C=O) groups excluding carboxylic acids is 1. The Labute approximate surface area is 163 Å². The highest BCUT2D eigenvalue weighted by atomic mass is 79.9. The van der Waals surface area contributed by atoms with E-state index in [1.54, 1.807) is 23.9 Å². The van der Waals surface area contributed by atoms with Crippen molar-refractivity contribution in [2.24, 2.45) is 0 Å². The lowest BCUT2D eigenvalue weighted by Gasteiger charge is -2.09. The Kier molecular flexibility index (Phi) is 6.24. The van der Waals surface area contributed by atoms with Gasteiger partial charge in [-0.2, -0.15) is 4.68 Å². The first-order valence-corrected chi connectivity index (χ1v) is 9.55. The number of benzene rings is 2. The van der Waals surface area contributed by atoms with Crippen LogP contribution in [0.1, 0.15) is 6.42 Å². The number of carbonyl (C=O) groups is 1. The Hall–Kier alpha value is -2.39. The van der Waals surface area contributed by atoms with Crippen LogP contribution in [0.2, 0.25) is 0 Å². The van der Waals surface area contributed by atoms with Gasteiger partial charge in [-0.3, -0.25) is 4.79 Å². The van der Waals surface area contributed by atoms with Gasteiger partial charge in [-0.25, -0.2) is 0 Å². The smallest absolute Gasteiger partial charge is 0.225 e. The molecule has 0 aliphatic carbocycles. The van der Waals surface area contributed by atoms with Crippen molar-refractivity contribution in [2.45, 2.75) is 11.6 Å². The molecule has 0 atom stereocenters. The van der Waals surface area contributed by atoms with E-state index in [0.717, 1.165) is 10.2 Å². The van der Waals surface area contributed by atoms with Crippen molar-refractivity contribution in [2.75, 3.05) is 18.2 Å². The van der Waals surface area contributed by atoms with E-state index in [1.165, 1.54) is 11.8 Å². The minimum absolute atomic E-state index is 0.0929. The van der Waals surface area contributed by atoms with E-state index in [9.17, 15) is 4.79 Å². The largest absolute Gasteiger partial charge is 0.495 e. The Balaban J connectivity index is 1.56. The lowest BCUT2D eigenvalue weighted by atomic mass is 10.3.